The van der Waals surface area contributed by atoms with Gasteiger partial charge in [0.15, 0.2) is 0 Å². The Morgan fingerprint density at radius 3 is 2.27 bits per heavy atom. The molecule has 0 bridgehead atoms. The molecule has 0 radical (unpaired) electrons. The Morgan fingerprint density at radius 1 is 1.07 bits per heavy atom. The van der Waals surface area contributed by atoms with Crippen molar-refractivity contribution >= 4 is 12.4 Å². The second-order valence-corrected chi connectivity index (χ2v) is 4.55. The van der Waals surface area contributed by atoms with Gasteiger partial charge in [-0.3, -0.25) is 0 Å². The molecule has 1 saturated heterocycles. The van der Waals surface area contributed by atoms with E-state index in [0.29, 0.717) is 6.98 Å². The number of rotatable bonds is 1. The minimum absolute atomic E-state index is 0.458. The molecule has 3 heteroatoms. The van der Waals surface area contributed by atoms with Crippen LogP contribution in [0.15, 0.2) is 24.3 Å². The van der Waals surface area contributed by atoms with Crippen molar-refractivity contribution < 1.29 is 0 Å². The van der Waals surface area contributed by atoms with Gasteiger partial charge in [0.2, 0.25) is 0 Å². The summed E-state index contributed by atoms with van der Waals surface area (Å²) in [4.78, 5) is 4.87. The van der Waals surface area contributed by atoms with Crippen molar-refractivity contribution in [1.29, 1.82) is 0 Å². The first kappa shape index (κ1) is 10.7. The van der Waals surface area contributed by atoms with Crippen LogP contribution in [0.5, 0.6) is 0 Å². The molecule has 2 nitrogen and oxygen atoms in total. The molecule has 1 aliphatic heterocycles. The Labute approximate surface area is 93.0 Å². The van der Waals surface area contributed by atoms with Crippen molar-refractivity contribution in [2.24, 2.45) is 0 Å². The van der Waals surface area contributed by atoms with E-state index in [1.54, 1.807) is 0 Å². The van der Waals surface area contributed by atoms with Gasteiger partial charge in [0.25, 0.3) is 0 Å². The molecule has 0 saturated carbocycles. The van der Waals surface area contributed by atoms with Crippen LogP contribution in [0.3, 0.4) is 0 Å². The maximum atomic E-state index is 2.44. The normalized spacial score (nSPS) is 19.5. The first-order chi connectivity index (χ1) is 7.20. The molecule has 0 atom stereocenters. The maximum Gasteiger partial charge on any atom is 0.346 e. The standard InChI is InChI=1S/C12H19BN2/c1-11-7-4-5-8-12(11)13-14(2)9-6-10-15(13)3/h4-5,7-8H,6,9-10H2,1-3H3. The molecule has 0 unspecified atom stereocenters. The molecule has 0 amide bonds. The van der Waals surface area contributed by atoms with Crippen molar-refractivity contribution in [2.75, 3.05) is 27.2 Å². The molecular formula is C12H19BN2. The van der Waals surface area contributed by atoms with Crippen molar-refractivity contribution in [3.63, 3.8) is 0 Å². The van der Waals surface area contributed by atoms with Crippen LogP contribution >= 0.6 is 0 Å². The van der Waals surface area contributed by atoms with E-state index in [1.165, 1.54) is 30.5 Å². The van der Waals surface area contributed by atoms with E-state index < -0.39 is 0 Å². The third-order valence-electron chi connectivity index (χ3n) is 3.32. The van der Waals surface area contributed by atoms with Gasteiger partial charge in [-0.25, -0.2) is 0 Å². The Balaban J connectivity index is 2.31. The molecule has 1 aromatic carbocycles. The van der Waals surface area contributed by atoms with Crippen LogP contribution in [-0.4, -0.2) is 43.8 Å². The Kier molecular flexibility index (Phi) is 3.12. The van der Waals surface area contributed by atoms with Crippen LogP contribution in [0.25, 0.3) is 0 Å². The number of hydrogen-bond donors (Lipinski definition) is 0. The third-order valence-corrected chi connectivity index (χ3v) is 3.32. The number of aryl methyl sites for hydroxylation is 1. The average Bonchev–Trinajstić information content (AvgIpc) is 2.20. The molecule has 1 aliphatic rings. The minimum atomic E-state index is 0.458. The maximum absolute atomic E-state index is 2.44. The highest BCUT2D eigenvalue weighted by Crippen LogP contribution is 2.08. The molecule has 15 heavy (non-hydrogen) atoms. The van der Waals surface area contributed by atoms with E-state index in [1.807, 2.05) is 0 Å². The van der Waals surface area contributed by atoms with Crippen LogP contribution in [0.1, 0.15) is 12.0 Å². The Morgan fingerprint density at radius 2 is 1.67 bits per heavy atom. The summed E-state index contributed by atoms with van der Waals surface area (Å²) in [5.41, 5.74) is 2.84. The zero-order valence-electron chi connectivity index (χ0n) is 9.90. The summed E-state index contributed by atoms with van der Waals surface area (Å²) in [6.07, 6.45) is 1.27. The first-order valence-corrected chi connectivity index (χ1v) is 5.66. The third kappa shape index (κ3) is 2.08. The number of hydrogen-bond acceptors (Lipinski definition) is 2. The van der Waals surface area contributed by atoms with Crippen LogP contribution in [0, 0.1) is 6.92 Å². The van der Waals surface area contributed by atoms with Crippen molar-refractivity contribution in [2.45, 2.75) is 13.3 Å². The molecule has 0 aromatic heterocycles. The van der Waals surface area contributed by atoms with Gasteiger partial charge in [-0.2, -0.15) is 0 Å². The summed E-state index contributed by atoms with van der Waals surface area (Å²) in [6, 6.07) is 8.70. The van der Waals surface area contributed by atoms with Gasteiger partial charge in [-0.1, -0.05) is 29.8 Å². The Bertz CT molecular complexity index is 330. The molecule has 1 heterocycles. The van der Waals surface area contributed by atoms with Crippen LogP contribution in [0.4, 0.5) is 0 Å². The highest BCUT2D eigenvalue weighted by Gasteiger charge is 2.31. The summed E-state index contributed by atoms with van der Waals surface area (Å²) in [7, 11) is 4.43. The fourth-order valence-corrected chi connectivity index (χ4v) is 2.50. The van der Waals surface area contributed by atoms with Crippen molar-refractivity contribution in [3.8, 4) is 0 Å². The molecule has 0 aliphatic carbocycles. The largest absolute Gasteiger partial charge is 0.346 e. The van der Waals surface area contributed by atoms with Crippen LogP contribution < -0.4 is 5.46 Å². The zero-order chi connectivity index (χ0) is 10.8. The van der Waals surface area contributed by atoms with Gasteiger partial charge in [-0.05, 0) is 46.0 Å². The second kappa shape index (κ2) is 4.37. The summed E-state index contributed by atoms with van der Waals surface area (Å²) in [6.45, 7) is 5.05. The quantitative estimate of drug-likeness (QED) is 0.626. The fraction of sp³-hybridized carbons (Fsp3) is 0.500. The highest BCUT2D eigenvalue weighted by atomic mass is 15.2. The summed E-state index contributed by atoms with van der Waals surface area (Å²) in [5.74, 6) is 0. The molecule has 80 valence electrons. The highest BCUT2D eigenvalue weighted by molar-refractivity contribution is 6.68. The lowest BCUT2D eigenvalue weighted by molar-refractivity contribution is 0.352. The summed E-state index contributed by atoms with van der Waals surface area (Å²) >= 11 is 0. The summed E-state index contributed by atoms with van der Waals surface area (Å²) in [5, 5.41) is 0. The van der Waals surface area contributed by atoms with Gasteiger partial charge in [-0.15, -0.1) is 0 Å². The molecule has 2 rings (SSSR count). The van der Waals surface area contributed by atoms with E-state index in [0.717, 1.165) is 0 Å². The van der Waals surface area contributed by atoms with Crippen molar-refractivity contribution in [3.05, 3.63) is 29.8 Å². The van der Waals surface area contributed by atoms with Crippen LogP contribution in [-0.2, 0) is 0 Å². The zero-order valence-corrected chi connectivity index (χ0v) is 9.90. The predicted octanol–water partition coefficient (Wildman–Crippen LogP) is 0.958. The van der Waals surface area contributed by atoms with E-state index >= 15 is 0 Å². The van der Waals surface area contributed by atoms with E-state index in [4.69, 9.17) is 0 Å². The molecule has 0 spiro atoms. The second-order valence-electron chi connectivity index (χ2n) is 4.55. The lowest BCUT2D eigenvalue weighted by Gasteiger charge is -2.37. The topological polar surface area (TPSA) is 6.48 Å². The molecule has 1 fully saturated rings. The fourth-order valence-electron chi connectivity index (χ4n) is 2.50. The number of nitrogens with zero attached hydrogens (tertiary/aromatic N) is 2. The van der Waals surface area contributed by atoms with Gasteiger partial charge in [0.05, 0.1) is 0 Å². The van der Waals surface area contributed by atoms with Gasteiger partial charge >= 0.3 is 6.98 Å². The molecule has 1 aromatic rings. The van der Waals surface area contributed by atoms with Crippen LogP contribution in [0.2, 0.25) is 0 Å². The number of benzene rings is 1. The molecular weight excluding hydrogens is 183 g/mol. The van der Waals surface area contributed by atoms with E-state index in [-0.39, 0.29) is 0 Å². The van der Waals surface area contributed by atoms with E-state index in [9.17, 15) is 0 Å². The smallest absolute Gasteiger partial charge is 0.327 e. The monoisotopic (exact) mass is 202 g/mol. The molecule has 0 N–H and O–H groups in total. The first-order valence-electron chi connectivity index (χ1n) is 5.66. The van der Waals surface area contributed by atoms with E-state index in [2.05, 4.69) is 54.9 Å². The van der Waals surface area contributed by atoms with Gasteiger partial charge in [0.1, 0.15) is 0 Å². The van der Waals surface area contributed by atoms with Gasteiger partial charge in [0, 0.05) is 0 Å². The minimum Gasteiger partial charge on any atom is -0.327 e. The lowest BCUT2D eigenvalue weighted by atomic mass is 9.61. The van der Waals surface area contributed by atoms with Crippen molar-refractivity contribution in [1.82, 2.24) is 9.62 Å². The summed E-state index contributed by atoms with van der Waals surface area (Å²) < 4.78 is 0. The van der Waals surface area contributed by atoms with Gasteiger partial charge < -0.3 is 9.62 Å². The SMILES string of the molecule is Cc1ccccc1B1N(C)CCCN1C. The average molecular weight is 202 g/mol. The predicted molar refractivity (Wildman–Crippen MR) is 66.4 cm³/mol. The Hall–Kier alpha value is -0.795. The lowest BCUT2D eigenvalue weighted by Crippen LogP contribution is -2.61.